The molecule has 1 saturated heterocycles. The first-order valence-corrected chi connectivity index (χ1v) is 8.73. The lowest BCUT2D eigenvalue weighted by Gasteiger charge is -2.12. The third-order valence-electron chi connectivity index (χ3n) is 3.83. The molecule has 0 radical (unpaired) electrons. The van der Waals surface area contributed by atoms with Gasteiger partial charge in [0, 0.05) is 13.2 Å². The summed E-state index contributed by atoms with van der Waals surface area (Å²) in [4.78, 5) is 23.1. The predicted octanol–water partition coefficient (Wildman–Crippen LogP) is 1.15. The molecule has 1 aliphatic rings. The normalized spacial score (nSPS) is 16.4. The topological polar surface area (TPSA) is 124 Å². The van der Waals surface area contributed by atoms with Gasteiger partial charge in [0.2, 0.25) is 0 Å². The van der Waals surface area contributed by atoms with Crippen LogP contribution in [0.15, 0.2) is 23.8 Å². The highest BCUT2D eigenvalue weighted by Crippen LogP contribution is 2.29. The van der Waals surface area contributed by atoms with E-state index >= 15 is 0 Å². The van der Waals surface area contributed by atoms with Crippen molar-refractivity contribution in [3.8, 4) is 17.6 Å². The van der Waals surface area contributed by atoms with Gasteiger partial charge >= 0.3 is 0 Å². The number of primary amides is 1. The van der Waals surface area contributed by atoms with E-state index in [1.807, 2.05) is 6.07 Å². The molecule has 0 bridgehead atoms. The molecule has 144 valence electrons. The highest BCUT2D eigenvalue weighted by molar-refractivity contribution is 6.01. The average Bonchev–Trinajstić information content (AvgIpc) is 3.17. The smallest absolute Gasteiger partial charge is 0.262 e. The summed E-state index contributed by atoms with van der Waals surface area (Å²) in [6, 6.07) is 6.79. The third kappa shape index (κ3) is 6.31. The molecular weight excluding hydrogens is 350 g/mol. The Hall–Kier alpha value is -3.05. The number of benzene rings is 1. The molecule has 1 aromatic rings. The van der Waals surface area contributed by atoms with Crippen molar-refractivity contribution in [2.45, 2.75) is 25.9 Å². The maximum absolute atomic E-state index is 12.2. The van der Waals surface area contributed by atoms with Crippen molar-refractivity contribution in [2.24, 2.45) is 5.73 Å². The van der Waals surface area contributed by atoms with Gasteiger partial charge in [0.05, 0.1) is 12.7 Å². The Labute approximate surface area is 157 Å². The fourth-order valence-electron chi connectivity index (χ4n) is 2.57. The third-order valence-corrected chi connectivity index (χ3v) is 3.83. The summed E-state index contributed by atoms with van der Waals surface area (Å²) >= 11 is 0. The van der Waals surface area contributed by atoms with E-state index in [2.05, 4.69) is 5.32 Å². The zero-order valence-corrected chi connectivity index (χ0v) is 15.2. The maximum atomic E-state index is 12.2. The minimum atomic E-state index is -0.601. The minimum Gasteiger partial charge on any atom is -0.490 e. The molecule has 0 saturated carbocycles. The van der Waals surface area contributed by atoms with E-state index in [0.717, 1.165) is 12.8 Å². The van der Waals surface area contributed by atoms with Crippen molar-refractivity contribution in [1.29, 1.82) is 5.26 Å². The van der Waals surface area contributed by atoms with Crippen LogP contribution in [0.2, 0.25) is 0 Å². The van der Waals surface area contributed by atoms with Gasteiger partial charge in [-0.3, -0.25) is 9.59 Å². The molecule has 1 unspecified atom stereocenters. The van der Waals surface area contributed by atoms with Gasteiger partial charge in [0.15, 0.2) is 18.1 Å². The zero-order valence-electron chi connectivity index (χ0n) is 15.2. The van der Waals surface area contributed by atoms with Gasteiger partial charge in [-0.25, -0.2) is 0 Å². The minimum absolute atomic E-state index is 0.000127. The first-order valence-electron chi connectivity index (χ1n) is 8.73. The zero-order chi connectivity index (χ0) is 19.6. The van der Waals surface area contributed by atoms with Crippen LogP contribution < -0.4 is 20.5 Å². The Morgan fingerprint density at radius 3 is 2.85 bits per heavy atom. The van der Waals surface area contributed by atoms with Crippen molar-refractivity contribution >= 4 is 17.9 Å². The molecule has 0 aliphatic carbocycles. The molecule has 1 atom stereocenters. The predicted molar refractivity (Wildman–Crippen MR) is 97.9 cm³/mol. The molecule has 2 amide bonds. The number of hydrogen-bond acceptors (Lipinski definition) is 6. The Balaban J connectivity index is 2.11. The summed E-state index contributed by atoms with van der Waals surface area (Å²) in [5.74, 6) is -0.310. The van der Waals surface area contributed by atoms with Crippen LogP contribution in [-0.4, -0.2) is 44.3 Å². The van der Waals surface area contributed by atoms with E-state index in [4.69, 9.17) is 19.9 Å². The molecule has 1 fully saturated rings. The largest absolute Gasteiger partial charge is 0.490 e. The second-order valence-electron chi connectivity index (χ2n) is 5.91. The van der Waals surface area contributed by atoms with E-state index in [9.17, 15) is 14.9 Å². The maximum Gasteiger partial charge on any atom is 0.262 e. The summed E-state index contributed by atoms with van der Waals surface area (Å²) in [7, 11) is 0. The van der Waals surface area contributed by atoms with Crippen LogP contribution in [0.25, 0.3) is 6.08 Å². The monoisotopic (exact) mass is 373 g/mol. The Morgan fingerprint density at radius 2 is 2.22 bits per heavy atom. The first-order chi connectivity index (χ1) is 13.0. The first kappa shape index (κ1) is 20.3. The molecular formula is C19H23N3O5. The highest BCUT2D eigenvalue weighted by atomic mass is 16.5. The van der Waals surface area contributed by atoms with E-state index in [0.29, 0.717) is 36.8 Å². The van der Waals surface area contributed by atoms with E-state index in [-0.39, 0.29) is 18.3 Å². The molecule has 0 spiro atoms. The van der Waals surface area contributed by atoms with Crippen LogP contribution in [0, 0.1) is 11.3 Å². The second kappa shape index (κ2) is 10.2. The molecule has 0 aromatic heterocycles. The number of nitrogens with zero attached hydrogens (tertiary/aromatic N) is 1. The number of nitrogens with two attached hydrogens (primary N) is 1. The molecule has 1 heterocycles. The van der Waals surface area contributed by atoms with Crippen LogP contribution in [0.1, 0.15) is 25.3 Å². The fourth-order valence-corrected chi connectivity index (χ4v) is 2.57. The van der Waals surface area contributed by atoms with Crippen molar-refractivity contribution in [3.63, 3.8) is 0 Å². The summed E-state index contributed by atoms with van der Waals surface area (Å²) in [5.41, 5.74) is 5.65. The van der Waals surface area contributed by atoms with Gasteiger partial charge < -0.3 is 25.3 Å². The molecule has 8 heteroatoms. The van der Waals surface area contributed by atoms with E-state index in [1.54, 1.807) is 25.1 Å². The number of carbonyl (C=O) groups is 2. The van der Waals surface area contributed by atoms with Crippen LogP contribution in [0.4, 0.5) is 0 Å². The number of ether oxygens (including phenoxy) is 3. The van der Waals surface area contributed by atoms with Gasteiger partial charge in [0.25, 0.3) is 11.8 Å². The number of hydrogen-bond donors (Lipinski definition) is 2. The fraction of sp³-hybridized carbons (Fsp3) is 0.421. The van der Waals surface area contributed by atoms with Crippen molar-refractivity contribution < 1.29 is 23.8 Å². The number of rotatable bonds is 9. The number of nitrogens with one attached hydrogen (secondary N) is 1. The van der Waals surface area contributed by atoms with Crippen molar-refractivity contribution in [2.75, 3.05) is 26.4 Å². The lowest BCUT2D eigenvalue weighted by Crippen LogP contribution is -2.32. The second-order valence-corrected chi connectivity index (χ2v) is 5.91. The van der Waals surface area contributed by atoms with Crippen LogP contribution in [0.5, 0.6) is 11.5 Å². The van der Waals surface area contributed by atoms with Crippen LogP contribution in [0.3, 0.4) is 0 Å². The van der Waals surface area contributed by atoms with Gasteiger partial charge in [0.1, 0.15) is 11.6 Å². The van der Waals surface area contributed by atoms with Crippen LogP contribution >= 0.6 is 0 Å². The SMILES string of the molecule is CCOc1cc(C=C(C#N)C(=O)NCC2CCCO2)ccc1OCC(N)=O. The van der Waals surface area contributed by atoms with Crippen LogP contribution in [-0.2, 0) is 14.3 Å². The summed E-state index contributed by atoms with van der Waals surface area (Å²) in [6.45, 7) is 2.99. The van der Waals surface area contributed by atoms with E-state index in [1.165, 1.54) is 6.08 Å². The summed E-state index contributed by atoms with van der Waals surface area (Å²) in [5, 5.41) is 12.0. The van der Waals surface area contributed by atoms with Gasteiger partial charge in [-0.2, -0.15) is 5.26 Å². The molecule has 2 rings (SSSR count). The average molecular weight is 373 g/mol. The quantitative estimate of drug-likeness (QED) is 0.494. The Kier molecular flexibility index (Phi) is 7.64. The number of amides is 2. The summed E-state index contributed by atoms with van der Waals surface area (Å²) in [6.07, 6.45) is 3.34. The number of carbonyl (C=O) groups excluding carboxylic acids is 2. The Bertz CT molecular complexity index is 748. The van der Waals surface area contributed by atoms with Gasteiger partial charge in [-0.05, 0) is 43.5 Å². The van der Waals surface area contributed by atoms with Crippen molar-refractivity contribution in [3.05, 3.63) is 29.3 Å². The van der Waals surface area contributed by atoms with Gasteiger partial charge in [-0.15, -0.1) is 0 Å². The molecule has 8 nitrogen and oxygen atoms in total. The van der Waals surface area contributed by atoms with Gasteiger partial charge in [-0.1, -0.05) is 6.07 Å². The molecule has 27 heavy (non-hydrogen) atoms. The summed E-state index contributed by atoms with van der Waals surface area (Å²) < 4.78 is 16.2. The highest BCUT2D eigenvalue weighted by Gasteiger charge is 2.18. The molecule has 1 aliphatic heterocycles. The lowest BCUT2D eigenvalue weighted by molar-refractivity contribution is -0.120. The Morgan fingerprint density at radius 1 is 1.41 bits per heavy atom. The molecule has 3 N–H and O–H groups in total. The number of nitriles is 1. The lowest BCUT2D eigenvalue weighted by atomic mass is 10.1. The molecule has 1 aromatic carbocycles. The van der Waals surface area contributed by atoms with E-state index < -0.39 is 11.8 Å². The standard InChI is InChI=1S/C19H23N3O5/c1-2-25-17-9-13(5-6-16(17)27-12-18(21)23)8-14(10-20)19(24)22-11-15-4-3-7-26-15/h5-6,8-9,15H,2-4,7,11-12H2,1H3,(H2,21,23)(H,22,24). The van der Waals surface area contributed by atoms with Crippen molar-refractivity contribution in [1.82, 2.24) is 5.32 Å².